The predicted molar refractivity (Wildman–Crippen MR) is 102 cm³/mol. The maximum atomic E-state index is 12.8. The molecule has 2 aromatic rings. The van der Waals surface area contributed by atoms with E-state index in [1.807, 2.05) is 6.92 Å². The van der Waals surface area contributed by atoms with Crippen LogP contribution in [0.1, 0.15) is 31.1 Å². The number of fused-ring (bicyclic) bond motifs is 1. The highest BCUT2D eigenvalue weighted by Gasteiger charge is 2.28. The first-order chi connectivity index (χ1) is 12.7. The third-order valence-corrected chi connectivity index (χ3v) is 5.58. The van der Waals surface area contributed by atoms with Crippen LogP contribution >= 0.6 is 0 Å². The van der Waals surface area contributed by atoms with Crippen LogP contribution in [0, 0.1) is 0 Å². The molecule has 8 heteroatoms. The number of ether oxygens (including phenoxy) is 1. The minimum Gasteiger partial charge on any atom is -0.487 e. The minimum absolute atomic E-state index is 0.00104. The summed E-state index contributed by atoms with van der Waals surface area (Å²) in [5.74, 6) is 0.109. The van der Waals surface area contributed by atoms with Crippen molar-refractivity contribution in [1.29, 1.82) is 0 Å². The number of nitrogens with zero attached hydrogens (tertiary/aromatic N) is 1. The zero-order valence-electron chi connectivity index (χ0n) is 15.2. The molecule has 0 saturated heterocycles. The predicted octanol–water partition coefficient (Wildman–Crippen LogP) is 2.82. The van der Waals surface area contributed by atoms with Crippen LogP contribution in [0.5, 0.6) is 5.75 Å². The average Bonchev–Trinajstić information content (AvgIpc) is 2.60. The lowest BCUT2D eigenvalue weighted by atomic mass is 10.1. The maximum absolute atomic E-state index is 12.8. The molecule has 0 radical (unpaired) electrons. The van der Waals surface area contributed by atoms with E-state index in [0.717, 1.165) is 0 Å². The first-order valence-corrected chi connectivity index (χ1v) is 9.88. The van der Waals surface area contributed by atoms with Crippen molar-refractivity contribution in [2.75, 3.05) is 16.2 Å². The summed E-state index contributed by atoms with van der Waals surface area (Å²) in [6, 6.07) is 10.6. The van der Waals surface area contributed by atoms with Gasteiger partial charge < -0.3 is 9.64 Å². The van der Waals surface area contributed by atoms with Crippen molar-refractivity contribution >= 4 is 33.1 Å². The third-order valence-electron chi connectivity index (χ3n) is 4.20. The molecule has 142 valence electrons. The summed E-state index contributed by atoms with van der Waals surface area (Å²) in [7, 11) is -3.91. The van der Waals surface area contributed by atoms with Crippen LogP contribution in [0.25, 0.3) is 0 Å². The average molecular weight is 388 g/mol. The normalized spacial score (nSPS) is 16.3. The van der Waals surface area contributed by atoms with Gasteiger partial charge in [0.05, 0.1) is 17.1 Å². The second kappa shape index (κ2) is 7.03. The number of Topliss-reactive ketones (excluding diaryl/α,β-unsaturated/α-hetero) is 1. The molecule has 0 spiro atoms. The molecular weight excluding hydrogens is 368 g/mol. The number of amides is 1. The molecule has 0 saturated carbocycles. The lowest BCUT2D eigenvalue weighted by Crippen LogP contribution is -2.41. The van der Waals surface area contributed by atoms with Crippen LogP contribution in [-0.4, -0.2) is 32.8 Å². The van der Waals surface area contributed by atoms with E-state index in [4.69, 9.17) is 4.74 Å². The Kier molecular flexibility index (Phi) is 4.93. The van der Waals surface area contributed by atoms with Gasteiger partial charge in [-0.05, 0) is 44.2 Å². The molecule has 0 aliphatic carbocycles. The van der Waals surface area contributed by atoms with E-state index in [2.05, 4.69) is 4.72 Å². The minimum atomic E-state index is -3.91. The number of ketones is 1. The summed E-state index contributed by atoms with van der Waals surface area (Å²) < 4.78 is 33.7. The Labute approximate surface area is 158 Å². The van der Waals surface area contributed by atoms with E-state index in [9.17, 15) is 18.0 Å². The van der Waals surface area contributed by atoms with Gasteiger partial charge in [-0.1, -0.05) is 12.1 Å². The van der Waals surface area contributed by atoms with Gasteiger partial charge in [0.25, 0.3) is 10.0 Å². The van der Waals surface area contributed by atoms with Crippen LogP contribution in [0.3, 0.4) is 0 Å². The van der Waals surface area contributed by atoms with Gasteiger partial charge in [0, 0.05) is 18.2 Å². The molecule has 1 aliphatic heterocycles. The fraction of sp³-hybridized carbons (Fsp3) is 0.263. The highest BCUT2D eigenvalue weighted by atomic mass is 32.2. The van der Waals surface area contributed by atoms with Gasteiger partial charge in [-0.25, -0.2) is 8.42 Å². The molecule has 3 rings (SSSR count). The molecule has 2 aromatic carbocycles. The second-order valence-electron chi connectivity index (χ2n) is 6.43. The molecule has 1 atom stereocenters. The number of nitrogens with one attached hydrogen (secondary N) is 1. The topological polar surface area (TPSA) is 92.8 Å². The number of rotatable bonds is 4. The summed E-state index contributed by atoms with van der Waals surface area (Å²) in [5.41, 5.74) is 1.11. The summed E-state index contributed by atoms with van der Waals surface area (Å²) in [6.45, 7) is 5.02. The second-order valence-corrected chi connectivity index (χ2v) is 8.11. The van der Waals surface area contributed by atoms with Crippen molar-refractivity contribution in [3.8, 4) is 5.75 Å². The van der Waals surface area contributed by atoms with Crippen LogP contribution < -0.4 is 14.4 Å². The zero-order chi connectivity index (χ0) is 19.8. The molecule has 0 fully saturated rings. The Morgan fingerprint density at radius 3 is 2.56 bits per heavy atom. The SMILES string of the molecule is CC(=O)c1cccc(NS(=O)(=O)c2ccc3c(c2)N(C(C)=O)C[C@H](C)O3)c1. The van der Waals surface area contributed by atoms with Gasteiger partial charge in [-0.3, -0.25) is 14.3 Å². The first-order valence-electron chi connectivity index (χ1n) is 8.40. The number of hydrogen-bond donors (Lipinski definition) is 1. The van der Waals surface area contributed by atoms with Gasteiger partial charge in [0.1, 0.15) is 11.9 Å². The Morgan fingerprint density at radius 2 is 1.89 bits per heavy atom. The number of carbonyl (C=O) groups excluding carboxylic acids is 2. The lowest BCUT2D eigenvalue weighted by molar-refractivity contribution is -0.117. The van der Waals surface area contributed by atoms with Gasteiger partial charge in [-0.2, -0.15) is 0 Å². The molecule has 1 N–H and O–H groups in total. The van der Waals surface area contributed by atoms with Crippen LogP contribution in [0.2, 0.25) is 0 Å². The van der Waals surface area contributed by atoms with E-state index in [-0.39, 0.29) is 28.4 Å². The van der Waals surface area contributed by atoms with E-state index in [0.29, 0.717) is 23.5 Å². The van der Waals surface area contributed by atoms with Gasteiger partial charge >= 0.3 is 0 Å². The van der Waals surface area contributed by atoms with Gasteiger partial charge in [-0.15, -0.1) is 0 Å². The van der Waals surface area contributed by atoms with E-state index >= 15 is 0 Å². The Bertz CT molecular complexity index is 1020. The maximum Gasteiger partial charge on any atom is 0.261 e. The Morgan fingerprint density at radius 1 is 1.15 bits per heavy atom. The number of hydrogen-bond acceptors (Lipinski definition) is 5. The number of anilines is 2. The monoisotopic (exact) mass is 388 g/mol. The highest BCUT2D eigenvalue weighted by molar-refractivity contribution is 7.92. The summed E-state index contributed by atoms with van der Waals surface area (Å²) in [4.78, 5) is 24.9. The number of sulfonamides is 1. The first kappa shape index (κ1) is 18.9. The zero-order valence-corrected chi connectivity index (χ0v) is 16.0. The molecule has 1 aliphatic rings. The molecular formula is C19H20N2O5S. The molecule has 0 bridgehead atoms. The fourth-order valence-electron chi connectivity index (χ4n) is 2.90. The molecule has 0 unspecified atom stereocenters. The van der Waals surface area contributed by atoms with E-state index in [1.165, 1.54) is 36.9 Å². The van der Waals surface area contributed by atoms with Gasteiger partial charge in [0.15, 0.2) is 5.78 Å². The van der Waals surface area contributed by atoms with Crippen LogP contribution in [0.4, 0.5) is 11.4 Å². The molecule has 1 heterocycles. The summed E-state index contributed by atoms with van der Waals surface area (Å²) in [6.07, 6.45) is -0.184. The Balaban J connectivity index is 1.96. The molecule has 27 heavy (non-hydrogen) atoms. The summed E-state index contributed by atoms with van der Waals surface area (Å²) >= 11 is 0. The summed E-state index contributed by atoms with van der Waals surface area (Å²) in [5, 5.41) is 0. The van der Waals surface area contributed by atoms with Crippen molar-refractivity contribution in [1.82, 2.24) is 0 Å². The van der Waals surface area contributed by atoms with Crippen molar-refractivity contribution in [3.05, 3.63) is 48.0 Å². The largest absolute Gasteiger partial charge is 0.487 e. The van der Waals surface area contributed by atoms with Crippen molar-refractivity contribution < 1.29 is 22.7 Å². The molecule has 7 nitrogen and oxygen atoms in total. The van der Waals surface area contributed by atoms with Gasteiger partial charge in [0.2, 0.25) is 5.91 Å². The third kappa shape index (κ3) is 3.95. The smallest absolute Gasteiger partial charge is 0.261 e. The number of carbonyl (C=O) groups is 2. The molecule has 0 aromatic heterocycles. The van der Waals surface area contributed by atoms with Crippen molar-refractivity contribution in [2.45, 2.75) is 31.8 Å². The number of benzene rings is 2. The molecule has 1 amide bonds. The van der Waals surface area contributed by atoms with Crippen LogP contribution in [-0.2, 0) is 14.8 Å². The Hall–Kier alpha value is -2.87. The van der Waals surface area contributed by atoms with Crippen molar-refractivity contribution in [2.24, 2.45) is 0 Å². The quantitative estimate of drug-likeness (QED) is 0.813. The van der Waals surface area contributed by atoms with E-state index in [1.54, 1.807) is 24.3 Å². The fourth-order valence-corrected chi connectivity index (χ4v) is 3.97. The van der Waals surface area contributed by atoms with E-state index < -0.39 is 10.0 Å². The van der Waals surface area contributed by atoms with Crippen molar-refractivity contribution in [3.63, 3.8) is 0 Å². The highest BCUT2D eigenvalue weighted by Crippen LogP contribution is 2.35. The van der Waals surface area contributed by atoms with Crippen LogP contribution in [0.15, 0.2) is 47.4 Å². The lowest BCUT2D eigenvalue weighted by Gasteiger charge is -2.33. The standard InChI is InChI=1S/C19H20N2O5S/c1-12-11-21(14(3)23)18-10-17(7-8-19(18)26-12)27(24,25)20-16-6-4-5-15(9-16)13(2)22/h4-10,12,20H,11H2,1-3H3/t12-/m0/s1.